The first-order chi connectivity index (χ1) is 10.8. The average molecular weight is 323 g/mol. The van der Waals surface area contributed by atoms with Gasteiger partial charge in [0, 0.05) is 13.1 Å². The summed E-state index contributed by atoms with van der Waals surface area (Å²) in [7, 11) is 2.16. The normalized spacial score (nSPS) is 11.0. The topological polar surface area (TPSA) is 3.24 Å². The highest BCUT2D eigenvalue weighted by Crippen LogP contribution is 2.19. The van der Waals surface area contributed by atoms with Crippen molar-refractivity contribution in [2.45, 2.75) is 6.54 Å². The predicted octanol–water partition coefficient (Wildman–Crippen LogP) is 1.99. The van der Waals surface area contributed by atoms with E-state index in [0.717, 1.165) is 13.1 Å². The van der Waals surface area contributed by atoms with Crippen molar-refractivity contribution in [1.29, 1.82) is 0 Å². The Bertz CT molecular complexity index is 760. The minimum atomic E-state index is 0. The highest BCUT2D eigenvalue weighted by Gasteiger charge is 2.03. The van der Waals surface area contributed by atoms with Gasteiger partial charge in [-0.15, -0.1) is 0 Å². The molecule has 1 nitrogen and oxygen atoms in total. The van der Waals surface area contributed by atoms with Crippen LogP contribution < -0.4 is 12.4 Å². The van der Waals surface area contributed by atoms with Crippen LogP contribution >= 0.6 is 0 Å². The van der Waals surface area contributed by atoms with Crippen LogP contribution in [0.3, 0.4) is 0 Å². The van der Waals surface area contributed by atoms with Crippen LogP contribution in [0.15, 0.2) is 78.9 Å². The highest BCUT2D eigenvalue weighted by atomic mass is 35.5. The molecule has 0 bridgehead atoms. The monoisotopic (exact) mass is 322 g/mol. The van der Waals surface area contributed by atoms with Crippen LogP contribution in [0, 0.1) is 0 Å². The third-order valence-electron chi connectivity index (χ3n) is 3.85. The lowest BCUT2D eigenvalue weighted by atomic mass is 10.0. The van der Waals surface area contributed by atoms with Crippen molar-refractivity contribution < 1.29 is 12.4 Å². The van der Waals surface area contributed by atoms with Crippen LogP contribution in [0.5, 0.6) is 0 Å². The third kappa shape index (κ3) is 4.69. The zero-order chi connectivity index (χ0) is 15.2. The van der Waals surface area contributed by atoms with Gasteiger partial charge in [-0.2, -0.15) is 0 Å². The Labute approximate surface area is 144 Å². The Kier molecular flexibility index (Phi) is 6.40. The summed E-state index contributed by atoms with van der Waals surface area (Å²) < 4.78 is 0. The van der Waals surface area contributed by atoms with Gasteiger partial charge in [-0.05, 0) is 28.9 Å². The third-order valence-corrected chi connectivity index (χ3v) is 3.85. The summed E-state index contributed by atoms with van der Waals surface area (Å²) in [6.45, 7) is 1.90. The van der Waals surface area contributed by atoms with Crippen LogP contribution in [0.25, 0.3) is 16.8 Å². The number of hydrogen-bond donors (Lipinski definition) is 0. The molecule has 0 spiro atoms. The molecular formula is C21H21ClN-. The zero-order valence-corrected chi connectivity index (χ0v) is 14.1. The number of likely N-dealkylation sites (N-methyl/N-ethyl adjacent to an activating group) is 1. The molecule has 3 aromatic carbocycles. The molecule has 0 N–H and O–H groups in total. The Morgan fingerprint density at radius 1 is 0.826 bits per heavy atom. The van der Waals surface area contributed by atoms with E-state index in [9.17, 15) is 0 Å². The molecule has 3 rings (SSSR count). The van der Waals surface area contributed by atoms with E-state index in [0.29, 0.717) is 0 Å². The van der Waals surface area contributed by atoms with Gasteiger partial charge in [0.1, 0.15) is 0 Å². The fourth-order valence-electron chi connectivity index (χ4n) is 2.72. The van der Waals surface area contributed by atoms with Gasteiger partial charge in [0.15, 0.2) is 0 Å². The van der Waals surface area contributed by atoms with Crippen molar-refractivity contribution in [2.24, 2.45) is 0 Å². The highest BCUT2D eigenvalue weighted by molar-refractivity contribution is 5.85. The molecule has 0 aliphatic heterocycles. The van der Waals surface area contributed by atoms with Crippen molar-refractivity contribution in [1.82, 2.24) is 4.90 Å². The standard InChI is InChI=1S/C21H21N.ClH/c1-22(16-8-11-18-9-3-2-4-10-18)17-20-14-7-13-19-12-5-6-15-21(19)20;/h2-15H,16-17H2,1H3;1H/p-1. The first-order valence-corrected chi connectivity index (χ1v) is 7.70. The van der Waals surface area contributed by atoms with E-state index in [2.05, 4.69) is 90.8 Å². The van der Waals surface area contributed by atoms with E-state index in [1.54, 1.807) is 0 Å². The summed E-state index contributed by atoms with van der Waals surface area (Å²) in [6.07, 6.45) is 4.40. The molecule has 0 aliphatic rings. The van der Waals surface area contributed by atoms with Crippen LogP contribution in [-0.4, -0.2) is 18.5 Å². The van der Waals surface area contributed by atoms with Gasteiger partial charge >= 0.3 is 0 Å². The maximum absolute atomic E-state index is 2.33. The Balaban J connectivity index is 0.00000192. The molecule has 0 aromatic heterocycles. The summed E-state index contributed by atoms with van der Waals surface area (Å²) in [5.41, 5.74) is 2.63. The molecular weight excluding hydrogens is 302 g/mol. The second kappa shape index (κ2) is 8.52. The molecule has 0 fully saturated rings. The van der Waals surface area contributed by atoms with Gasteiger partial charge in [-0.3, -0.25) is 4.90 Å². The van der Waals surface area contributed by atoms with Gasteiger partial charge in [-0.25, -0.2) is 0 Å². The van der Waals surface area contributed by atoms with Crippen molar-refractivity contribution in [2.75, 3.05) is 13.6 Å². The largest absolute Gasteiger partial charge is 1.00 e. The van der Waals surface area contributed by atoms with Gasteiger partial charge in [0.25, 0.3) is 0 Å². The van der Waals surface area contributed by atoms with Crippen LogP contribution in [0.2, 0.25) is 0 Å². The number of rotatable bonds is 5. The number of fused-ring (bicyclic) bond motifs is 1. The fraction of sp³-hybridized carbons (Fsp3) is 0.143. The summed E-state index contributed by atoms with van der Waals surface area (Å²) in [5, 5.41) is 2.66. The van der Waals surface area contributed by atoms with Gasteiger partial charge < -0.3 is 12.4 Å². The maximum Gasteiger partial charge on any atom is 0.0240 e. The Morgan fingerprint density at radius 3 is 2.35 bits per heavy atom. The van der Waals surface area contributed by atoms with Crippen molar-refractivity contribution in [3.63, 3.8) is 0 Å². The summed E-state index contributed by atoms with van der Waals surface area (Å²) in [5.74, 6) is 0. The van der Waals surface area contributed by atoms with E-state index in [4.69, 9.17) is 0 Å². The van der Waals surface area contributed by atoms with Crippen molar-refractivity contribution in [3.8, 4) is 0 Å². The van der Waals surface area contributed by atoms with E-state index in [-0.39, 0.29) is 12.4 Å². The molecule has 3 aromatic rings. The second-order valence-corrected chi connectivity index (χ2v) is 5.65. The Hall–Kier alpha value is -2.09. The van der Waals surface area contributed by atoms with E-state index in [1.807, 2.05) is 6.07 Å². The molecule has 0 unspecified atom stereocenters. The van der Waals surface area contributed by atoms with Crippen LogP contribution in [0.4, 0.5) is 0 Å². The second-order valence-electron chi connectivity index (χ2n) is 5.65. The molecule has 0 amide bonds. The first kappa shape index (κ1) is 17.3. The molecule has 2 heteroatoms. The zero-order valence-electron chi connectivity index (χ0n) is 13.3. The van der Waals surface area contributed by atoms with Gasteiger partial charge in [0.05, 0.1) is 0 Å². The number of hydrogen-bond acceptors (Lipinski definition) is 1. The van der Waals surface area contributed by atoms with E-state index < -0.39 is 0 Å². The van der Waals surface area contributed by atoms with E-state index in [1.165, 1.54) is 21.9 Å². The summed E-state index contributed by atoms with van der Waals surface area (Å²) in [4.78, 5) is 2.33. The number of halogens is 1. The lowest BCUT2D eigenvalue weighted by molar-refractivity contribution is -0.00000435. The molecule has 23 heavy (non-hydrogen) atoms. The Morgan fingerprint density at radius 2 is 1.52 bits per heavy atom. The predicted molar refractivity (Wildman–Crippen MR) is 95.8 cm³/mol. The minimum Gasteiger partial charge on any atom is -1.00 e. The van der Waals surface area contributed by atoms with Crippen molar-refractivity contribution in [3.05, 3.63) is 90.0 Å². The molecule has 118 valence electrons. The average Bonchev–Trinajstić information content (AvgIpc) is 2.56. The lowest BCUT2D eigenvalue weighted by Crippen LogP contribution is -3.00. The smallest absolute Gasteiger partial charge is 0.0240 e. The quantitative estimate of drug-likeness (QED) is 0.694. The minimum absolute atomic E-state index is 0. The molecule has 0 saturated heterocycles. The van der Waals surface area contributed by atoms with Gasteiger partial charge in [0.2, 0.25) is 0 Å². The first-order valence-electron chi connectivity index (χ1n) is 7.70. The fourth-order valence-corrected chi connectivity index (χ4v) is 2.72. The number of nitrogens with zero attached hydrogens (tertiary/aromatic N) is 1. The summed E-state index contributed by atoms with van der Waals surface area (Å²) >= 11 is 0. The van der Waals surface area contributed by atoms with E-state index >= 15 is 0 Å². The summed E-state index contributed by atoms with van der Waals surface area (Å²) in [6, 6.07) is 25.6. The maximum atomic E-state index is 2.33. The molecule has 0 heterocycles. The molecule has 0 aliphatic carbocycles. The van der Waals surface area contributed by atoms with Gasteiger partial charge in [-0.1, -0.05) is 84.9 Å². The molecule has 0 radical (unpaired) electrons. The molecule has 0 saturated carbocycles. The molecule has 0 atom stereocenters. The van der Waals surface area contributed by atoms with Crippen LogP contribution in [-0.2, 0) is 6.54 Å². The number of benzene rings is 3. The van der Waals surface area contributed by atoms with Crippen LogP contribution in [0.1, 0.15) is 11.1 Å². The lowest BCUT2D eigenvalue weighted by Gasteiger charge is -2.16. The SMILES string of the molecule is CN(CC=Cc1ccccc1)Cc1cccc2ccccc12.[Cl-]. The van der Waals surface area contributed by atoms with Crippen molar-refractivity contribution >= 4 is 16.8 Å².